The van der Waals surface area contributed by atoms with Gasteiger partial charge in [-0.05, 0) is 50.4 Å². The van der Waals surface area contributed by atoms with Crippen LogP contribution in [-0.4, -0.2) is 34.2 Å². The van der Waals surface area contributed by atoms with Crippen LogP contribution < -0.4 is 0 Å². The molecule has 4 heteroatoms. The van der Waals surface area contributed by atoms with E-state index in [0.29, 0.717) is 6.04 Å². The SMILES string of the molecule is OCC#Cc1csc(CN2CCCCC2CCc2ccccn2)c1. The molecule has 3 rings (SSSR count). The molecule has 0 spiro atoms. The van der Waals surface area contributed by atoms with Crippen molar-refractivity contribution in [3.05, 3.63) is 52.0 Å². The van der Waals surface area contributed by atoms with Crippen molar-refractivity contribution in [1.29, 1.82) is 0 Å². The molecule has 1 N–H and O–H groups in total. The molecule has 2 aromatic heterocycles. The molecule has 1 aliphatic heterocycles. The van der Waals surface area contributed by atoms with Gasteiger partial charge in [0.1, 0.15) is 6.61 Å². The fourth-order valence-corrected chi connectivity index (χ4v) is 4.17. The first-order valence-corrected chi connectivity index (χ1v) is 9.54. The van der Waals surface area contributed by atoms with Gasteiger partial charge in [-0.3, -0.25) is 9.88 Å². The third-order valence-electron chi connectivity index (χ3n) is 4.53. The smallest absolute Gasteiger partial charge is 0.104 e. The van der Waals surface area contributed by atoms with Gasteiger partial charge in [0.05, 0.1) is 0 Å². The van der Waals surface area contributed by atoms with E-state index in [0.717, 1.165) is 18.5 Å². The second kappa shape index (κ2) is 8.98. The van der Waals surface area contributed by atoms with Crippen molar-refractivity contribution < 1.29 is 5.11 Å². The number of piperidine rings is 1. The van der Waals surface area contributed by atoms with Crippen molar-refractivity contribution in [2.24, 2.45) is 0 Å². The van der Waals surface area contributed by atoms with Gasteiger partial charge in [0.15, 0.2) is 0 Å². The Morgan fingerprint density at radius 3 is 3.12 bits per heavy atom. The summed E-state index contributed by atoms with van der Waals surface area (Å²) in [7, 11) is 0. The highest BCUT2D eigenvalue weighted by Gasteiger charge is 2.22. The summed E-state index contributed by atoms with van der Waals surface area (Å²) in [6.45, 7) is 2.12. The highest BCUT2D eigenvalue weighted by Crippen LogP contribution is 2.25. The zero-order chi connectivity index (χ0) is 16.6. The Morgan fingerprint density at radius 1 is 1.33 bits per heavy atom. The Morgan fingerprint density at radius 2 is 2.29 bits per heavy atom. The minimum atomic E-state index is -0.0765. The maximum absolute atomic E-state index is 8.80. The number of aromatic nitrogens is 1. The molecule has 0 aromatic carbocycles. The molecule has 1 aliphatic rings. The van der Waals surface area contributed by atoms with E-state index in [1.165, 1.54) is 42.8 Å². The van der Waals surface area contributed by atoms with Crippen LogP contribution >= 0.6 is 11.3 Å². The zero-order valence-electron chi connectivity index (χ0n) is 13.9. The number of pyridine rings is 1. The van der Waals surface area contributed by atoms with Crippen LogP contribution in [0.3, 0.4) is 0 Å². The third kappa shape index (κ3) is 4.91. The highest BCUT2D eigenvalue weighted by atomic mass is 32.1. The van der Waals surface area contributed by atoms with Crippen LogP contribution in [-0.2, 0) is 13.0 Å². The quantitative estimate of drug-likeness (QED) is 0.847. The molecule has 0 amide bonds. The summed E-state index contributed by atoms with van der Waals surface area (Å²) in [5.41, 5.74) is 2.21. The molecule has 0 aliphatic carbocycles. The zero-order valence-corrected chi connectivity index (χ0v) is 14.8. The Kier molecular flexibility index (Phi) is 6.42. The largest absolute Gasteiger partial charge is 0.384 e. The van der Waals surface area contributed by atoms with Gasteiger partial charge in [-0.2, -0.15) is 0 Å². The van der Waals surface area contributed by atoms with Crippen LogP contribution in [0.2, 0.25) is 0 Å². The van der Waals surface area contributed by atoms with Crippen molar-refractivity contribution in [3.8, 4) is 11.8 Å². The molecule has 0 saturated carbocycles. The Hall–Kier alpha value is -1.67. The molecule has 0 bridgehead atoms. The number of thiophene rings is 1. The lowest BCUT2D eigenvalue weighted by Gasteiger charge is -2.35. The molecule has 24 heavy (non-hydrogen) atoms. The molecule has 126 valence electrons. The van der Waals surface area contributed by atoms with Crippen molar-refractivity contribution in [1.82, 2.24) is 9.88 Å². The first kappa shape index (κ1) is 17.2. The Balaban J connectivity index is 1.58. The molecule has 3 nitrogen and oxygen atoms in total. The van der Waals surface area contributed by atoms with Gasteiger partial charge >= 0.3 is 0 Å². The van der Waals surface area contributed by atoms with Crippen LogP contribution in [0, 0.1) is 11.8 Å². The van der Waals surface area contributed by atoms with E-state index in [1.807, 2.05) is 12.3 Å². The summed E-state index contributed by atoms with van der Waals surface area (Å²) in [5, 5.41) is 10.9. The maximum Gasteiger partial charge on any atom is 0.104 e. The van der Waals surface area contributed by atoms with Gasteiger partial charge in [0.2, 0.25) is 0 Å². The number of aliphatic hydroxyl groups is 1. The van der Waals surface area contributed by atoms with E-state index >= 15 is 0 Å². The topological polar surface area (TPSA) is 36.4 Å². The van der Waals surface area contributed by atoms with Gasteiger partial charge in [-0.1, -0.05) is 24.3 Å². The number of likely N-dealkylation sites (tertiary alicyclic amines) is 1. The summed E-state index contributed by atoms with van der Waals surface area (Å²) in [6, 6.07) is 8.98. The predicted octanol–water partition coefficient (Wildman–Crippen LogP) is 3.47. The highest BCUT2D eigenvalue weighted by molar-refractivity contribution is 7.10. The number of aryl methyl sites for hydroxylation is 1. The van der Waals surface area contributed by atoms with E-state index in [9.17, 15) is 0 Å². The van der Waals surface area contributed by atoms with Crippen molar-refractivity contribution in [2.75, 3.05) is 13.2 Å². The van der Waals surface area contributed by atoms with Gasteiger partial charge in [-0.25, -0.2) is 0 Å². The standard InChI is InChI=1S/C20H24N2OS/c23-13-5-6-17-14-20(24-16-17)15-22-12-4-2-8-19(22)10-9-18-7-1-3-11-21-18/h1,3,7,11,14,16,19,23H,2,4,8-10,12-13,15H2. The lowest BCUT2D eigenvalue weighted by Crippen LogP contribution is -2.39. The minimum Gasteiger partial charge on any atom is -0.384 e. The number of aliphatic hydroxyl groups excluding tert-OH is 1. The average molecular weight is 340 g/mol. The van der Waals surface area contributed by atoms with Crippen LogP contribution in [0.15, 0.2) is 35.8 Å². The second-order valence-electron chi connectivity index (χ2n) is 6.24. The van der Waals surface area contributed by atoms with Crippen molar-refractivity contribution in [3.63, 3.8) is 0 Å². The molecule has 3 heterocycles. The first-order chi connectivity index (χ1) is 11.8. The fraction of sp³-hybridized carbons (Fsp3) is 0.450. The van der Waals surface area contributed by atoms with Crippen LogP contribution in [0.4, 0.5) is 0 Å². The van der Waals surface area contributed by atoms with Gasteiger partial charge in [-0.15, -0.1) is 11.3 Å². The summed E-state index contributed by atoms with van der Waals surface area (Å²) in [4.78, 5) is 8.44. The van der Waals surface area contributed by atoms with E-state index in [1.54, 1.807) is 11.3 Å². The maximum atomic E-state index is 8.80. The molecule has 1 fully saturated rings. The summed E-state index contributed by atoms with van der Waals surface area (Å²) in [5.74, 6) is 5.71. The van der Waals surface area contributed by atoms with E-state index < -0.39 is 0 Å². The Labute approximate surface area is 148 Å². The number of hydrogen-bond donors (Lipinski definition) is 1. The molecular weight excluding hydrogens is 316 g/mol. The van der Waals surface area contributed by atoms with Crippen LogP contribution in [0.25, 0.3) is 0 Å². The lowest BCUT2D eigenvalue weighted by atomic mass is 9.97. The molecule has 0 radical (unpaired) electrons. The van der Waals surface area contributed by atoms with Crippen LogP contribution in [0.1, 0.15) is 41.8 Å². The molecule has 1 unspecified atom stereocenters. The summed E-state index contributed by atoms with van der Waals surface area (Å²) in [6.07, 6.45) is 8.03. The normalized spacial score (nSPS) is 18.1. The first-order valence-electron chi connectivity index (χ1n) is 8.66. The van der Waals surface area contributed by atoms with Gasteiger partial charge in [0.25, 0.3) is 0 Å². The van der Waals surface area contributed by atoms with Gasteiger partial charge in [0, 0.05) is 40.3 Å². The van der Waals surface area contributed by atoms with E-state index in [4.69, 9.17) is 5.11 Å². The van der Waals surface area contributed by atoms with Gasteiger partial charge < -0.3 is 5.11 Å². The molecule has 1 saturated heterocycles. The minimum absolute atomic E-state index is 0.0765. The third-order valence-corrected chi connectivity index (χ3v) is 5.45. The second-order valence-corrected chi connectivity index (χ2v) is 7.24. The van der Waals surface area contributed by atoms with Crippen molar-refractivity contribution >= 4 is 11.3 Å². The van der Waals surface area contributed by atoms with Crippen molar-refractivity contribution in [2.45, 2.75) is 44.7 Å². The van der Waals surface area contributed by atoms with Crippen LogP contribution in [0.5, 0.6) is 0 Å². The average Bonchev–Trinajstić information content (AvgIpc) is 3.07. The number of hydrogen-bond acceptors (Lipinski definition) is 4. The molecule has 1 atom stereocenters. The predicted molar refractivity (Wildman–Crippen MR) is 98.9 cm³/mol. The summed E-state index contributed by atoms with van der Waals surface area (Å²) >= 11 is 1.77. The Bertz CT molecular complexity index is 686. The van der Waals surface area contributed by atoms with E-state index in [2.05, 4.69) is 45.3 Å². The summed E-state index contributed by atoms with van der Waals surface area (Å²) < 4.78 is 0. The van der Waals surface area contributed by atoms with E-state index in [-0.39, 0.29) is 6.61 Å². The fourth-order valence-electron chi connectivity index (χ4n) is 3.33. The molecular formula is C20H24N2OS. The number of nitrogens with zero attached hydrogens (tertiary/aromatic N) is 2. The molecule has 2 aromatic rings. The lowest BCUT2D eigenvalue weighted by molar-refractivity contribution is 0.133. The number of rotatable bonds is 5. The monoisotopic (exact) mass is 340 g/mol.